The topological polar surface area (TPSA) is 64.1 Å². The summed E-state index contributed by atoms with van der Waals surface area (Å²) in [6.07, 6.45) is 0. The number of carbonyl (C=O) groups is 1. The molecule has 0 saturated carbocycles. The predicted octanol–water partition coefficient (Wildman–Crippen LogP) is 2.24. The molecule has 0 amide bonds. The van der Waals surface area contributed by atoms with Gasteiger partial charge in [-0.2, -0.15) is 0 Å². The third-order valence-electron chi connectivity index (χ3n) is 2.49. The molecule has 1 aromatic heterocycles. The highest BCUT2D eigenvalue weighted by Gasteiger charge is 2.17. The maximum absolute atomic E-state index is 11.8. The number of carbonyl (C=O) groups excluding carboxylic acids is 1. The number of ether oxygens (including phenoxy) is 1. The van der Waals surface area contributed by atoms with Crippen molar-refractivity contribution in [3.05, 3.63) is 30.0 Å². The Hall–Kier alpha value is -2.17. The van der Waals surface area contributed by atoms with E-state index in [0.29, 0.717) is 18.8 Å². The van der Waals surface area contributed by atoms with E-state index < -0.39 is 5.97 Å². The van der Waals surface area contributed by atoms with Crippen LogP contribution in [0.4, 0.5) is 5.69 Å². The number of fused-ring (bicyclic) bond motifs is 1. The molecule has 0 spiro atoms. The number of nitrogens with zero attached hydrogens (tertiary/aromatic N) is 2. The standard InChI is InChI=1S/C13H15N3O2/c1-3-14-11-9-7-5-6-8-10(9)15-16-12(11)13(17)18-4-2/h5-8H,3-4H2,1-2H3,(H,14,15). The van der Waals surface area contributed by atoms with Crippen LogP contribution in [0.5, 0.6) is 0 Å². The van der Waals surface area contributed by atoms with E-state index in [1.165, 1.54) is 0 Å². The molecule has 18 heavy (non-hydrogen) atoms. The van der Waals surface area contributed by atoms with Gasteiger partial charge in [0, 0.05) is 11.9 Å². The SMILES string of the molecule is CCNc1c(C(=O)OCC)nnc2ccccc12. The van der Waals surface area contributed by atoms with Crippen molar-refractivity contribution in [2.24, 2.45) is 0 Å². The normalized spacial score (nSPS) is 10.3. The fourth-order valence-corrected chi connectivity index (χ4v) is 1.75. The number of rotatable bonds is 4. The first kappa shape index (κ1) is 12.3. The molecule has 5 heteroatoms. The Labute approximate surface area is 105 Å². The van der Waals surface area contributed by atoms with Gasteiger partial charge in [0.25, 0.3) is 0 Å². The number of anilines is 1. The molecule has 0 atom stereocenters. The molecule has 0 fully saturated rings. The number of aromatic nitrogens is 2. The summed E-state index contributed by atoms with van der Waals surface area (Å²) < 4.78 is 4.98. The third-order valence-corrected chi connectivity index (χ3v) is 2.49. The second kappa shape index (κ2) is 5.44. The second-order valence-corrected chi connectivity index (χ2v) is 3.69. The van der Waals surface area contributed by atoms with Crippen LogP contribution in [0.3, 0.4) is 0 Å². The van der Waals surface area contributed by atoms with E-state index in [1.54, 1.807) is 6.92 Å². The zero-order valence-corrected chi connectivity index (χ0v) is 10.4. The minimum absolute atomic E-state index is 0.234. The molecule has 2 rings (SSSR count). The fraction of sp³-hybridized carbons (Fsp3) is 0.308. The summed E-state index contributed by atoms with van der Waals surface area (Å²) in [4.78, 5) is 11.8. The van der Waals surface area contributed by atoms with Crippen molar-refractivity contribution in [3.63, 3.8) is 0 Å². The Kier molecular flexibility index (Phi) is 3.72. The van der Waals surface area contributed by atoms with Crippen LogP contribution >= 0.6 is 0 Å². The van der Waals surface area contributed by atoms with Crippen LogP contribution in [-0.4, -0.2) is 29.3 Å². The summed E-state index contributed by atoms with van der Waals surface area (Å²) >= 11 is 0. The van der Waals surface area contributed by atoms with Crippen LogP contribution in [0.2, 0.25) is 0 Å². The summed E-state index contributed by atoms with van der Waals surface area (Å²) in [6.45, 7) is 4.74. The van der Waals surface area contributed by atoms with Gasteiger partial charge in [0.2, 0.25) is 0 Å². The molecule has 2 aromatic rings. The van der Waals surface area contributed by atoms with Crippen LogP contribution in [-0.2, 0) is 4.74 Å². The Morgan fingerprint density at radius 2 is 2.06 bits per heavy atom. The van der Waals surface area contributed by atoms with Crippen LogP contribution in [0, 0.1) is 0 Å². The molecule has 0 unspecified atom stereocenters. The Morgan fingerprint density at radius 1 is 1.28 bits per heavy atom. The van der Waals surface area contributed by atoms with Gasteiger partial charge < -0.3 is 10.1 Å². The molecule has 1 N–H and O–H groups in total. The van der Waals surface area contributed by atoms with E-state index in [-0.39, 0.29) is 5.69 Å². The lowest BCUT2D eigenvalue weighted by molar-refractivity contribution is 0.0519. The molecule has 0 bridgehead atoms. The molecular weight excluding hydrogens is 230 g/mol. The molecule has 0 aliphatic carbocycles. The van der Waals surface area contributed by atoms with Gasteiger partial charge in [0.05, 0.1) is 17.8 Å². The van der Waals surface area contributed by atoms with Crippen LogP contribution in [0.15, 0.2) is 24.3 Å². The van der Waals surface area contributed by atoms with Crippen molar-refractivity contribution in [2.45, 2.75) is 13.8 Å². The van der Waals surface area contributed by atoms with Gasteiger partial charge in [0.15, 0.2) is 5.69 Å². The quantitative estimate of drug-likeness (QED) is 0.837. The highest BCUT2D eigenvalue weighted by atomic mass is 16.5. The average Bonchev–Trinajstić information content (AvgIpc) is 2.39. The highest BCUT2D eigenvalue weighted by Crippen LogP contribution is 2.24. The van der Waals surface area contributed by atoms with Crippen molar-refractivity contribution in [1.29, 1.82) is 0 Å². The predicted molar refractivity (Wildman–Crippen MR) is 69.7 cm³/mol. The van der Waals surface area contributed by atoms with Crippen LogP contribution in [0.25, 0.3) is 10.9 Å². The van der Waals surface area contributed by atoms with Gasteiger partial charge in [-0.3, -0.25) is 0 Å². The summed E-state index contributed by atoms with van der Waals surface area (Å²) in [6, 6.07) is 7.55. The Morgan fingerprint density at radius 3 is 2.78 bits per heavy atom. The first-order chi connectivity index (χ1) is 8.77. The van der Waals surface area contributed by atoms with Gasteiger partial charge >= 0.3 is 5.97 Å². The maximum Gasteiger partial charge on any atom is 0.361 e. The Balaban J connectivity index is 2.58. The fourth-order valence-electron chi connectivity index (χ4n) is 1.75. The van der Waals surface area contributed by atoms with Gasteiger partial charge in [-0.1, -0.05) is 18.2 Å². The van der Waals surface area contributed by atoms with Crippen molar-refractivity contribution in [3.8, 4) is 0 Å². The van der Waals surface area contributed by atoms with E-state index in [1.807, 2.05) is 31.2 Å². The molecular formula is C13H15N3O2. The highest BCUT2D eigenvalue weighted by molar-refractivity contribution is 6.03. The van der Waals surface area contributed by atoms with Crippen LogP contribution < -0.4 is 5.32 Å². The van der Waals surface area contributed by atoms with E-state index in [2.05, 4.69) is 15.5 Å². The number of hydrogen-bond donors (Lipinski definition) is 1. The Bertz CT molecular complexity index is 569. The maximum atomic E-state index is 11.8. The minimum Gasteiger partial charge on any atom is -0.461 e. The smallest absolute Gasteiger partial charge is 0.361 e. The molecule has 5 nitrogen and oxygen atoms in total. The molecule has 0 saturated heterocycles. The van der Waals surface area contributed by atoms with Gasteiger partial charge in [0.1, 0.15) is 0 Å². The summed E-state index contributed by atoms with van der Waals surface area (Å²) in [5.41, 5.74) is 1.67. The minimum atomic E-state index is -0.452. The summed E-state index contributed by atoms with van der Waals surface area (Å²) in [5.74, 6) is -0.452. The summed E-state index contributed by atoms with van der Waals surface area (Å²) in [7, 11) is 0. The lowest BCUT2D eigenvalue weighted by atomic mass is 10.1. The number of benzene rings is 1. The molecule has 1 aromatic carbocycles. The van der Waals surface area contributed by atoms with Crippen LogP contribution in [0.1, 0.15) is 24.3 Å². The van der Waals surface area contributed by atoms with Crippen molar-refractivity contribution < 1.29 is 9.53 Å². The zero-order chi connectivity index (χ0) is 13.0. The molecule has 0 aliphatic heterocycles. The van der Waals surface area contributed by atoms with E-state index in [9.17, 15) is 4.79 Å². The first-order valence-electron chi connectivity index (χ1n) is 5.94. The van der Waals surface area contributed by atoms with E-state index in [0.717, 1.165) is 10.9 Å². The lowest BCUT2D eigenvalue weighted by Gasteiger charge is -2.11. The number of esters is 1. The van der Waals surface area contributed by atoms with Crippen molar-refractivity contribution in [2.75, 3.05) is 18.5 Å². The average molecular weight is 245 g/mol. The van der Waals surface area contributed by atoms with E-state index in [4.69, 9.17) is 4.74 Å². The zero-order valence-electron chi connectivity index (χ0n) is 10.4. The van der Waals surface area contributed by atoms with Crippen molar-refractivity contribution >= 4 is 22.6 Å². The summed E-state index contributed by atoms with van der Waals surface area (Å²) in [5, 5.41) is 12.0. The second-order valence-electron chi connectivity index (χ2n) is 3.69. The lowest BCUT2D eigenvalue weighted by Crippen LogP contribution is -2.13. The van der Waals surface area contributed by atoms with Gasteiger partial charge in [-0.15, -0.1) is 10.2 Å². The molecule has 94 valence electrons. The number of nitrogens with one attached hydrogen (secondary N) is 1. The third kappa shape index (κ3) is 2.25. The number of hydrogen-bond acceptors (Lipinski definition) is 5. The first-order valence-corrected chi connectivity index (χ1v) is 5.94. The van der Waals surface area contributed by atoms with Gasteiger partial charge in [-0.25, -0.2) is 4.79 Å². The monoisotopic (exact) mass is 245 g/mol. The molecule has 0 aliphatic rings. The molecule has 1 heterocycles. The van der Waals surface area contributed by atoms with Gasteiger partial charge in [-0.05, 0) is 19.9 Å². The molecule has 0 radical (unpaired) electrons. The van der Waals surface area contributed by atoms with E-state index >= 15 is 0 Å². The largest absolute Gasteiger partial charge is 0.461 e. The van der Waals surface area contributed by atoms with Crippen molar-refractivity contribution in [1.82, 2.24) is 10.2 Å².